The van der Waals surface area contributed by atoms with E-state index in [1.54, 1.807) is 17.0 Å². The van der Waals surface area contributed by atoms with Crippen molar-refractivity contribution in [3.63, 3.8) is 0 Å². The standard InChI is InChI=1S/C24H21ClN2O2/c25-20-12-10-17(11-13-20)14-15-26-23(28)22-16-19-8-4-5-9-21(19)27(22)24(29)18-6-2-1-3-7-18/h1-13,22H,14-16H2,(H,26,28)/t22-/m0/s1. The minimum Gasteiger partial charge on any atom is -0.354 e. The van der Waals surface area contributed by atoms with Crippen molar-refractivity contribution >= 4 is 29.1 Å². The molecule has 1 atom stereocenters. The first-order valence-corrected chi connectivity index (χ1v) is 10.00. The fourth-order valence-electron chi connectivity index (χ4n) is 3.67. The van der Waals surface area contributed by atoms with Crippen molar-refractivity contribution < 1.29 is 9.59 Å². The fourth-order valence-corrected chi connectivity index (χ4v) is 3.79. The predicted molar refractivity (Wildman–Crippen MR) is 115 cm³/mol. The summed E-state index contributed by atoms with van der Waals surface area (Å²) in [6.07, 6.45) is 1.22. The van der Waals surface area contributed by atoms with E-state index in [9.17, 15) is 9.59 Å². The topological polar surface area (TPSA) is 49.4 Å². The number of carbonyl (C=O) groups excluding carboxylic acids is 2. The monoisotopic (exact) mass is 404 g/mol. The molecule has 2 amide bonds. The molecule has 0 saturated carbocycles. The fraction of sp³-hybridized carbons (Fsp3) is 0.167. The zero-order chi connectivity index (χ0) is 20.2. The number of nitrogens with zero attached hydrogens (tertiary/aromatic N) is 1. The third kappa shape index (κ3) is 4.17. The molecule has 0 unspecified atom stereocenters. The van der Waals surface area contributed by atoms with Gasteiger partial charge in [0.05, 0.1) is 0 Å². The number of amides is 2. The van der Waals surface area contributed by atoms with Crippen LogP contribution in [0.25, 0.3) is 0 Å². The number of benzene rings is 3. The summed E-state index contributed by atoms with van der Waals surface area (Å²) in [6.45, 7) is 0.501. The summed E-state index contributed by atoms with van der Waals surface area (Å²) < 4.78 is 0. The highest BCUT2D eigenvalue weighted by Gasteiger charge is 2.38. The van der Waals surface area contributed by atoms with Gasteiger partial charge in [-0.15, -0.1) is 0 Å². The second-order valence-electron chi connectivity index (χ2n) is 7.06. The molecule has 5 heteroatoms. The number of nitrogens with one attached hydrogen (secondary N) is 1. The Morgan fingerprint density at radius 2 is 1.62 bits per heavy atom. The molecule has 29 heavy (non-hydrogen) atoms. The van der Waals surface area contributed by atoms with Crippen molar-refractivity contribution in [2.24, 2.45) is 0 Å². The van der Waals surface area contributed by atoms with Gasteiger partial charge < -0.3 is 5.32 Å². The molecule has 3 aromatic carbocycles. The molecule has 0 aliphatic carbocycles. The number of carbonyl (C=O) groups is 2. The third-order valence-corrected chi connectivity index (χ3v) is 5.40. The van der Waals surface area contributed by atoms with Crippen molar-refractivity contribution in [3.05, 3.63) is 101 Å². The Morgan fingerprint density at radius 3 is 2.38 bits per heavy atom. The van der Waals surface area contributed by atoms with Crippen molar-refractivity contribution in [1.29, 1.82) is 0 Å². The molecule has 4 rings (SSSR count). The van der Waals surface area contributed by atoms with E-state index in [0.29, 0.717) is 30.0 Å². The lowest BCUT2D eigenvalue weighted by Crippen LogP contribution is -2.48. The summed E-state index contributed by atoms with van der Waals surface area (Å²) in [5.74, 6) is -0.298. The molecule has 1 N–H and O–H groups in total. The van der Waals surface area contributed by atoms with Gasteiger partial charge in [0.1, 0.15) is 6.04 Å². The van der Waals surface area contributed by atoms with E-state index in [2.05, 4.69) is 5.32 Å². The van der Waals surface area contributed by atoms with Crippen LogP contribution in [-0.2, 0) is 17.6 Å². The molecular weight excluding hydrogens is 384 g/mol. The number of para-hydroxylation sites is 1. The Kier molecular flexibility index (Phi) is 5.63. The number of rotatable bonds is 5. The molecule has 0 radical (unpaired) electrons. The van der Waals surface area contributed by atoms with E-state index in [4.69, 9.17) is 11.6 Å². The maximum absolute atomic E-state index is 13.2. The second kappa shape index (κ2) is 8.50. The summed E-state index contributed by atoms with van der Waals surface area (Å²) in [6, 6.07) is 23.8. The number of anilines is 1. The van der Waals surface area contributed by atoms with Gasteiger partial charge in [-0.05, 0) is 47.9 Å². The lowest BCUT2D eigenvalue weighted by atomic mass is 10.1. The third-order valence-electron chi connectivity index (χ3n) is 5.14. The Bertz CT molecular complexity index is 1020. The summed E-state index contributed by atoms with van der Waals surface area (Å²) in [5.41, 5.74) is 3.48. The van der Waals surface area contributed by atoms with Gasteiger partial charge in [-0.2, -0.15) is 0 Å². The molecule has 4 nitrogen and oxygen atoms in total. The summed E-state index contributed by atoms with van der Waals surface area (Å²) in [4.78, 5) is 27.8. The molecule has 0 bridgehead atoms. The van der Waals surface area contributed by atoms with Crippen LogP contribution < -0.4 is 10.2 Å². The average Bonchev–Trinajstić information content (AvgIpc) is 3.15. The van der Waals surface area contributed by atoms with Gasteiger partial charge in [0.15, 0.2) is 0 Å². The second-order valence-corrected chi connectivity index (χ2v) is 7.49. The minimum absolute atomic E-state index is 0.139. The van der Waals surface area contributed by atoms with Crippen LogP contribution in [0.4, 0.5) is 5.69 Å². The van der Waals surface area contributed by atoms with Crippen LogP contribution in [0.2, 0.25) is 5.02 Å². The van der Waals surface area contributed by atoms with Gasteiger partial charge in [-0.3, -0.25) is 14.5 Å². The first-order valence-electron chi connectivity index (χ1n) is 9.62. The van der Waals surface area contributed by atoms with Crippen LogP contribution >= 0.6 is 11.6 Å². The Hall–Kier alpha value is -3.11. The van der Waals surface area contributed by atoms with E-state index in [-0.39, 0.29) is 11.8 Å². The number of hydrogen-bond donors (Lipinski definition) is 1. The molecule has 0 aromatic heterocycles. The van der Waals surface area contributed by atoms with E-state index >= 15 is 0 Å². The zero-order valence-electron chi connectivity index (χ0n) is 15.8. The molecule has 0 fully saturated rings. The number of fused-ring (bicyclic) bond motifs is 1. The summed E-state index contributed by atoms with van der Waals surface area (Å²) >= 11 is 5.92. The molecule has 0 saturated heterocycles. The van der Waals surface area contributed by atoms with Crippen LogP contribution in [0.1, 0.15) is 21.5 Å². The molecule has 0 spiro atoms. The zero-order valence-corrected chi connectivity index (χ0v) is 16.6. The highest BCUT2D eigenvalue weighted by molar-refractivity contribution is 6.30. The number of halogens is 1. The minimum atomic E-state index is -0.551. The van der Waals surface area contributed by atoms with Gasteiger partial charge >= 0.3 is 0 Å². The summed E-state index contributed by atoms with van der Waals surface area (Å²) in [5, 5.41) is 3.68. The van der Waals surface area contributed by atoms with Crippen LogP contribution in [0.5, 0.6) is 0 Å². The largest absolute Gasteiger partial charge is 0.354 e. The Labute approximate surface area is 175 Å². The highest BCUT2D eigenvalue weighted by Crippen LogP contribution is 2.33. The van der Waals surface area contributed by atoms with Gasteiger partial charge in [0, 0.05) is 29.2 Å². The highest BCUT2D eigenvalue weighted by atomic mass is 35.5. The molecule has 1 heterocycles. The first kappa shape index (κ1) is 19.2. The Morgan fingerprint density at radius 1 is 0.931 bits per heavy atom. The molecule has 1 aliphatic heterocycles. The molecular formula is C24H21ClN2O2. The van der Waals surface area contributed by atoms with E-state index < -0.39 is 6.04 Å². The van der Waals surface area contributed by atoms with Gasteiger partial charge in [-0.25, -0.2) is 0 Å². The van der Waals surface area contributed by atoms with E-state index in [0.717, 1.165) is 16.8 Å². The van der Waals surface area contributed by atoms with Crippen molar-refractivity contribution in [2.45, 2.75) is 18.9 Å². The SMILES string of the molecule is O=C(NCCc1ccc(Cl)cc1)[C@@H]1Cc2ccccc2N1C(=O)c1ccccc1. The van der Waals surface area contributed by atoms with Crippen molar-refractivity contribution in [2.75, 3.05) is 11.4 Å². The van der Waals surface area contributed by atoms with Crippen LogP contribution in [-0.4, -0.2) is 24.4 Å². The van der Waals surface area contributed by atoms with Crippen LogP contribution in [0, 0.1) is 0 Å². The molecule has 1 aliphatic rings. The normalized spacial score (nSPS) is 15.1. The molecule has 3 aromatic rings. The van der Waals surface area contributed by atoms with Crippen LogP contribution in [0.3, 0.4) is 0 Å². The van der Waals surface area contributed by atoms with Gasteiger partial charge in [0.25, 0.3) is 5.91 Å². The Balaban J connectivity index is 1.49. The quantitative estimate of drug-likeness (QED) is 0.690. The van der Waals surface area contributed by atoms with Crippen molar-refractivity contribution in [3.8, 4) is 0 Å². The maximum Gasteiger partial charge on any atom is 0.259 e. The lowest BCUT2D eigenvalue weighted by molar-refractivity contribution is -0.122. The number of hydrogen-bond acceptors (Lipinski definition) is 2. The van der Waals surface area contributed by atoms with Crippen LogP contribution in [0.15, 0.2) is 78.9 Å². The molecule has 146 valence electrons. The van der Waals surface area contributed by atoms with Gasteiger partial charge in [0.2, 0.25) is 5.91 Å². The average molecular weight is 405 g/mol. The summed E-state index contributed by atoms with van der Waals surface area (Å²) in [7, 11) is 0. The van der Waals surface area contributed by atoms with Crippen molar-refractivity contribution in [1.82, 2.24) is 5.32 Å². The first-order chi connectivity index (χ1) is 14.1. The lowest BCUT2D eigenvalue weighted by Gasteiger charge is -2.25. The van der Waals surface area contributed by atoms with E-state index in [1.807, 2.05) is 66.7 Å². The van der Waals surface area contributed by atoms with Gasteiger partial charge in [-0.1, -0.05) is 60.1 Å². The van der Waals surface area contributed by atoms with E-state index in [1.165, 1.54) is 0 Å². The smallest absolute Gasteiger partial charge is 0.259 e. The maximum atomic E-state index is 13.2. The predicted octanol–water partition coefficient (Wildman–Crippen LogP) is 4.27.